The van der Waals surface area contributed by atoms with Gasteiger partial charge in [-0.2, -0.15) is 0 Å². The fraction of sp³-hybridized carbons (Fsp3) is 0.375. The van der Waals surface area contributed by atoms with Crippen LogP contribution in [0.3, 0.4) is 0 Å². The van der Waals surface area contributed by atoms with E-state index in [2.05, 4.69) is 10.3 Å². The highest BCUT2D eigenvalue weighted by molar-refractivity contribution is 5.90. The zero-order valence-corrected chi connectivity index (χ0v) is 18.1. The number of cyclic esters (lactones) is 1. The van der Waals surface area contributed by atoms with Gasteiger partial charge in [-0.05, 0) is 42.3 Å². The number of fused-ring (bicyclic) bond motifs is 1. The molecule has 1 saturated heterocycles. The fourth-order valence-electron chi connectivity index (χ4n) is 3.64. The molecule has 1 aliphatic rings. The van der Waals surface area contributed by atoms with Gasteiger partial charge in [0.25, 0.3) is 0 Å². The van der Waals surface area contributed by atoms with E-state index in [1.54, 1.807) is 36.7 Å². The number of nitrogens with zero attached hydrogens (tertiary/aromatic N) is 3. The second-order valence-electron chi connectivity index (χ2n) is 7.71. The van der Waals surface area contributed by atoms with Crippen molar-refractivity contribution < 1.29 is 27.8 Å². The summed E-state index contributed by atoms with van der Waals surface area (Å²) in [6, 6.07) is 8.08. The zero-order chi connectivity index (χ0) is 23.4. The summed E-state index contributed by atoms with van der Waals surface area (Å²) in [4.78, 5) is 28.9. The van der Waals surface area contributed by atoms with Crippen LogP contribution in [0.15, 0.2) is 42.7 Å². The number of hydrogen-bond donors (Lipinski definition) is 1. The Morgan fingerprint density at radius 3 is 2.88 bits per heavy atom. The lowest BCUT2D eigenvalue weighted by atomic mass is 10.1. The van der Waals surface area contributed by atoms with E-state index in [0.29, 0.717) is 42.1 Å². The van der Waals surface area contributed by atoms with E-state index >= 15 is 0 Å². The monoisotopic (exact) mass is 474 g/mol. The van der Waals surface area contributed by atoms with Crippen LogP contribution >= 0.6 is 0 Å². The molecule has 0 bridgehead atoms. The van der Waals surface area contributed by atoms with Crippen LogP contribution in [0.5, 0.6) is 0 Å². The van der Waals surface area contributed by atoms with Crippen molar-refractivity contribution in [3.8, 4) is 11.1 Å². The molecule has 3 aromatic rings. The number of pyridine rings is 1. The SMILES string of the molecule is C.CC(=O)NC[C@H]1CN(c2ccc(-c3ccn4c(COCCCF)cnc4c3)c(F)c2)C(=O)O1. The normalized spacial score (nSPS) is 15.3. The first-order valence-corrected chi connectivity index (χ1v) is 10.6. The average Bonchev–Trinajstić information content (AvgIpc) is 3.38. The van der Waals surface area contributed by atoms with Gasteiger partial charge in [0.05, 0.1) is 43.9 Å². The smallest absolute Gasteiger partial charge is 0.414 e. The van der Waals surface area contributed by atoms with Crippen molar-refractivity contribution >= 4 is 23.3 Å². The molecule has 1 aromatic carbocycles. The number of nitrogens with one attached hydrogen (secondary N) is 1. The van der Waals surface area contributed by atoms with Crippen molar-refractivity contribution in [2.75, 3.05) is 31.3 Å². The predicted molar refractivity (Wildman–Crippen MR) is 124 cm³/mol. The molecule has 4 rings (SSSR count). The molecule has 2 amide bonds. The Kier molecular flexibility index (Phi) is 8.17. The number of aromatic nitrogens is 2. The third kappa shape index (κ3) is 5.51. The van der Waals surface area contributed by atoms with Crippen molar-refractivity contribution in [3.63, 3.8) is 0 Å². The van der Waals surface area contributed by atoms with Gasteiger partial charge in [-0.3, -0.25) is 14.1 Å². The highest BCUT2D eigenvalue weighted by Gasteiger charge is 2.32. The largest absolute Gasteiger partial charge is 0.442 e. The lowest BCUT2D eigenvalue weighted by Crippen LogP contribution is -2.33. The van der Waals surface area contributed by atoms with Gasteiger partial charge in [-0.1, -0.05) is 7.43 Å². The van der Waals surface area contributed by atoms with Crippen LogP contribution in [0.25, 0.3) is 16.8 Å². The summed E-state index contributed by atoms with van der Waals surface area (Å²) >= 11 is 0. The van der Waals surface area contributed by atoms with Gasteiger partial charge in [-0.25, -0.2) is 14.2 Å². The number of rotatable bonds is 9. The predicted octanol–water partition coefficient (Wildman–Crippen LogP) is 4.11. The maximum absolute atomic E-state index is 15.0. The third-order valence-electron chi connectivity index (χ3n) is 5.29. The molecule has 3 heterocycles. The van der Waals surface area contributed by atoms with Gasteiger partial charge in [0.2, 0.25) is 5.91 Å². The van der Waals surface area contributed by atoms with E-state index in [0.717, 1.165) is 5.69 Å². The Balaban J connectivity index is 0.00000324. The van der Waals surface area contributed by atoms with Crippen LogP contribution in [0.1, 0.15) is 26.5 Å². The van der Waals surface area contributed by atoms with Crippen LogP contribution in [0.2, 0.25) is 0 Å². The summed E-state index contributed by atoms with van der Waals surface area (Å²) in [6.45, 7) is 2.01. The van der Waals surface area contributed by atoms with Gasteiger partial charge < -0.3 is 19.2 Å². The van der Waals surface area contributed by atoms with Crippen molar-refractivity contribution in [2.45, 2.75) is 33.5 Å². The van der Waals surface area contributed by atoms with Gasteiger partial charge in [-0.15, -0.1) is 0 Å². The number of carbonyl (C=O) groups excluding carboxylic acids is 2. The highest BCUT2D eigenvalue weighted by atomic mass is 19.1. The summed E-state index contributed by atoms with van der Waals surface area (Å²) in [5.74, 6) is -0.706. The van der Waals surface area contributed by atoms with Gasteiger partial charge in [0.1, 0.15) is 17.6 Å². The van der Waals surface area contributed by atoms with Crippen LogP contribution in [-0.2, 0) is 20.9 Å². The number of alkyl halides is 1. The lowest BCUT2D eigenvalue weighted by molar-refractivity contribution is -0.119. The van der Waals surface area contributed by atoms with E-state index in [4.69, 9.17) is 9.47 Å². The van der Waals surface area contributed by atoms with E-state index in [9.17, 15) is 18.4 Å². The molecule has 1 atom stereocenters. The first-order valence-electron chi connectivity index (χ1n) is 10.6. The Morgan fingerprint density at radius 1 is 1.32 bits per heavy atom. The van der Waals surface area contributed by atoms with Crippen molar-refractivity contribution in [3.05, 3.63) is 54.2 Å². The molecule has 0 aliphatic carbocycles. The average molecular weight is 475 g/mol. The lowest BCUT2D eigenvalue weighted by Gasteiger charge is -2.14. The van der Waals surface area contributed by atoms with Crippen LogP contribution in [0, 0.1) is 5.82 Å². The maximum atomic E-state index is 15.0. The molecule has 8 nitrogen and oxygen atoms in total. The van der Waals surface area contributed by atoms with Crippen molar-refractivity contribution in [2.24, 2.45) is 0 Å². The Morgan fingerprint density at radius 2 is 2.15 bits per heavy atom. The molecule has 0 radical (unpaired) electrons. The van der Waals surface area contributed by atoms with E-state index in [-0.39, 0.29) is 26.4 Å². The summed E-state index contributed by atoms with van der Waals surface area (Å²) < 4.78 is 39.7. The minimum atomic E-state index is -0.586. The van der Waals surface area contributed by atoms with E-state index in [1.165, 1.54) is 17.9 Å². The van der Waals surface area contributed by atoms with Gasteiger partial charge in [0.15, 0.2) is 0 Å². The zero-order valence-electron chi connectivity index (χ0n) is 18.1. The quantitative estimate of drug-likeness (QED) is 0.472. The Labute approximate surface area is 196 Å². The number of ether oxygens (including phenoxy) is 2. The molecule has 1 aliphatic heterocycles. The fourth-order valence-corrected chi connectivity index (χ4v) is 3.64. The first kappa shape index (κ1) is 25.1. The number of benzene rings is 1. The minimum Gasteiger partial charge on any atom is -0.442 e. The van der Waals surface area contributed by atoms with Crippen LogP contribution in [-0.4, -0.2) is 53.9 Å². The maximum Gasteiger partial charge on any atom is 0.414 e. The van der Waals surface area contributed by atoms with Crippen LogP contribution in [0.4, 0.5) is 19.3 Å². The molecule has 0 spiro atoms. The number of amides is 2. The Hall–Kier alpha value is -3.53. The standard InChI is InChI=1S/C23H24F2N4O4.CH4/c1-15(30)26-12-19-13-29(23(31)33-19)17-3-4-20(21(25)10-17)16-5-7-28-18(11-27-22(28)9-16)14-32-8-2-6-24;/h3-5,7,9-11,19H,2,6,8,12-14H2,1H3,(H,26,30);1H4/t19-;/m0./s1. The summed E-state index contributed by atoms with van der Waals surface area (Å²) in [7, 11) is 0. The summed E-state index contributed by atoms with van der Waals surface area (Å²) in [5, 5.41) is 2.61. The first-order chi connectivity index (χ1) is 16.0. The number of imidazole rings is 1. The summed E-state index contributed by atoms with van der Waals surface area (Å²) in [5.41, 5.74) is 2.82. The minimum absolute atomic E-state index is 0. The number of halogens is 2. The molecule has 1 N–H and O–H groups in total. The molecule has 10 heteroatoms. The molecule has 1 fully saturated rings. The molecule has 182 valence electrons. The van der Waals surface area contributed by atoms with Crippen molar-refractivity contribution in [1.29, 1.82) is 0 Å². The third-order valence-corrected chi connectivity index (χ3v) is 5.29. The second-order valence-corrected chi connectivity index (χ2v) is 7.71. The van der Waals surface area contributed by atoms with Gasteiger partial charge in [0, 0.05) is 25.3 Å². The topological polar surface area (TPSA) is 85.2 Å². The molecule has 2 aromatic heterocycles. The van der Waals surface area contributed by atoms with Gasteiger partial charge >= 0.3 is 6.09 Å². The van der Waals surface area contributed by atoms with E-state index in [1.807, 2.05) is 4.40 Å². The number of carbonyl (C=O) groups is 2. The number of anilines is 1. The molecule has 0 saturated carbocycles. The summed E-state index contributed by atoms with van der Waals surface area (Å²) in [6.07, 6.45) is 2.72. The molecular formula is C24H28F2N4O4. The molecule has 34 heavy (non-hydrogen) atoms. The molecule has 0 unspecified atom stereocenters. The molecular weight excluding hydrogens is 446 g/mol. The second kappa shape index (κ2) is 11.1. The van der Waals surface area contributed by atoms with Crippen LogP contribution < -0.4 is 10.2 Å². The number of hydrogen-bond acceptors (Lipinski definition) is 5. The highest BCUT2D eigenvalue weighted by Crippen LogP contribution is 2.29. The Bertz CT molecular complexity index is 1170. The van der Waals surface area contributed by atoms with Crippen molar-refractivity contribution in [1.82, 2.24) is 14.7 Å². The van der Waals surface area contributed by atoms with E-state index < -0.39 is 24.7 Å².